The molecule has 1 heterocycles. The van der Waals surface area contributed by atoms with Gasteiger partial charge in [0.05, 0.1) is 36.0 Å². The zero-order valence-electron chi connectivity index (χ0n) is 28.5. The summed E-state index contributed by atoms with van der Waals surface area (Å²) in [5.74, 6) is -0.854. The molecule has 1 aliphatic heterocycles. The summed E-state index contributed by atoms with van der Waals surface area (Å²) in [4.78, 5) is 42.6. The Balaban J connectivity index is 1.57. The first-order valence-electron chi connectivity index (χ1n) is 17.2. The number of nitrogens with zero attached hydrogens (tertiary/aromatic N) is 2. The predicted octanol–water partition coefficient (Wildman–Crippen LogP) is 5.83. The number of likely N-dealkylation sites (N-methyl/N-ethyl adjacent to an activating group) is 1. The second-order valence-electron chi connectivity index (χ2n) is 13.5. The van der Waals surface area contributed by atoms with Gasteiger partial charge in [0.15, 0.2) is 0 Å². The fraction of sp³-hybridized carbons (Fsp3) is 0.595. The molecule has 2 aromatic carbocycles. The second-order valence-corrected chi connectivity index (χ2v) is 13.5. The van der Waals surface area contributed by atoms with Crippen molar-refractivity contribution in [3.05, 3.63) is 59.2 Å². The van der Waals surface area contributed by atoms with Crippen molar-refractivity contribution in [1.29, 1.82) is 0 Å². The zero-order valence-corrected chi connectivity index (χ0v) is 28.5. The number of rotatable bonds is 9. The molecule has 0 aromatic heterocycles. The van der Waals surface area contributed by atoms with E-state index in [2.05, 4.69) is 17.1 Å². The lowest BCUT2D eigenvalue weighted by molar-refractivity contribution is -0.120. The highest BCUT2D eigenvalue weighted by atomic mass is 16.5. The monoisotopic (exact) mass is 651 g/mol. The summed E-state index contributed by atoms with van der Waals surface area (Å²) in [7, 11) is 2.00. The van der Waals surface area contributed by atoms with E-state index in [1.807, 2.05) is 33.0 Å². The third-order valence-electron chi connectivity index (χ3n) is 9.44. The van der Waals surface area contributed by atoms with Crippen molar-refractivity contribution in [3.8, 4) is 5.75 Å². The average Bonchev–Trinajstić information content (AvgIpc) is 3.06. The molecular formula is C37H53N3O7. The predicted molar refractivity (Wildman–Crippen MR) is 182 cm³/mol. The van der Waals surface area contributed by atoms with Crippen LogP contribution >= 0.6 is 0 Å². The van der Waals surface area contributed by atoms with E-state index in [1.54, 1.807) is 35.2 Å². The zero-order chi connectivity index (χ0) is 33.9. The molecular weight excluding hydrogens is 598 g/mol. The van der Waals surface area contributed by atoms with Gasteiger partial charge in [-0.1, -0.05) is 38.3 Å². The van der Waals surface area contributed by atoms with Gasteiger partial charge in [-0.25, -0.2) is 4.79 Å². The highest BCUT2D eigenvalue weighted by Gasteiger charge is 2.31. The molecule has 10 nitrogen and oxygen atoms in total. The number of aromatic carboxylic acids is 1. The summed E-state index contributed by atoms with van der Waals surface area (Å²) >= 11 is 0. The van der Waals surface area contributed by atoms with E-state index in [-0.39, 0.29) is 48.0 Å². The number of aliphatic hydroxyl groups excluding tert-OH is 1. The highest BCUT2D eigenvalue weighted by Crippen LogP contribution is 2.30. The Bertz CT molecular complexity index is 1330. The number of nitrogens with one attached hydrogen (secondary N) is 1. The molecule has 3 N–H and O–H groups in total. The second kappa shape index (κ2) is 17.6. The molecule has 1 saturated carbocycles. The van der Waals surface area contributed by atoms with Crippen LogP contribution in [-0.2, 0) is 16.1 Å². The molecule has 2 aromatic rings. The van der Waals surface area contributed by atoms with Gasteiger partial charge in [-0.05, 0) is 88.9 Å². The number of carbonyl (C=O) groups is 3. The van der Waals surface area contributed by atoms with Crippen molar-refractivity contribution in [1.82, 2.24) is 9.80 Å². The largest absolute Gasteiger partial charge is 0.490 e. The van der Waals surface area contributed by atoms with E-state index in [0.717, 1.165) is 56.9 Å². The van der Waals surface area contributed by atoms with Gasteiger partial charge in [-0.3, -0.25) is 14.5 Å². The third-order valence-corrected chi connectivity index (χ3v) is 9.44. The molecule has 4 atom stereocenters. The molecule has 258 valence electrons. The van der Waals surface area contributed by atoms with E-state index < -0.39 is 12.0 Å². The van der Waals surface area contributed by atoms with Gasteiger partial charge in [-0.2, -0.15) is 0 Å². The minimum absolute atomic E-state index is 0.0107. The number of hydrogen-bond donors (Lipinski definition) is 3. The molecule has 10 heteroatoms. The van der Waals surface area contributed by atoms with Crippen molar-refractivity contribution in [2.75, 3.05) is 38.7 Å². The average molecular weight is 652 g/mol. The molecule has 0 saturated heterocycles. The van der Waals surface area contributed by atoms with Crippen molar-refractivity contribution in [2.24, 2.45) is 11.8 Å². The third kappa shape index (κ3) is 10.5. The Labute approximate surface area is 279 Å². The van der Waals surface area contributed by atoms with E-state index in [0.29, 0.717) is 43.2 Å². The molecule has 2 aliphatic rings. The van der Waals surface area contributed by atoms with Gasteiger partial charge in [0.2, 0.25) is 5.91 Å². The molecule has 2 amide bonds. The normalized spacial score (nSPS) is 22.6. The van der Waals surface area contributed by atoms with Crippen molar-refractivity contribution >= 4 is 23.5 Å². The van der Waals surface area contributed by atoms with E-state index in [9.17, 15) is 24.6 Å². The van der Waals surface area contributed by atoms with Gasteiger partial charge in [0, 0.05) is 43.8 Å². The number of amides is 2. The molecule has 0 radical (unpaired) electrons. The van der Waals surface area contributed by atoms with Crippen LogP contribution in [0.2, 0.25) is 0 Å². The van der Waals surface area contributed by atoms with Gasteiger partial charge in [0.1, 0.15) is 5.75 Å². The summed E-state index contributed by atoms with van der Waals surface area (Å²) in [6, 6.07) is 11.7. The van der Waals surface area contributed by atoms with Crippen LogP contribution in [0, 0.1) is 11.8 Å². The minimum Gasteiger partial charge on any atom is -0.490 e. The molecule has 1 aliphatic carbocycles. The first kappa shape index (κ1) is 36.4. The number of anilines is 1. The molecule has 0 spiro atoms. The summed E-state index contributed by atoms with van der Waals surface area (Å²) in [5, 5.41) is 22.5. The standard InChI is InChI=1S/C37H53N3O7/c1-25-21-40(26(2)24-41)36(43)32-20-31(38-35(42)29-11-6-5-7-12-29)17-18-33(32)47-27(3)10-8-9-19-46-34(25)23-39(4)22-28-13-15-30(16-14-28)37(44)45/h13-18,20,25-27,29,34,41H,5-12,19,21-24H2,1-4H3,(H,38,42)(H,44,45)/t25-,26-,27-,34-/m0/s1. The van der Waals surface area contributed by atoms with Crippen molar-refractivity contribution < 1.29 is 34.1 Å². The molecule has 0 unspecified atom stereocenters. The van der Waals surface area contributed by atoms with Crippen LogP contribution in [-0.4, -0.2) is 89.4 Å². The van der Waals surface area contributed by atoms with Gasteiger partial charge >= 0.3 is 5.97 Å². The van der Waals surface area contributed by atoms with Crippen LogP contribution < -0.4 is 10.1 Å². The fourth-order valence-corrected chi connectivity index (χ4v) is 6.51. The van der Waals surface area contributed by atoms with Crippen LogP contribution in [0.1, 0.15) is 98.4 Å². The number of aliphatic hydroxyl groups is 1. The Hall–Kier alpha value is -3.47. The summed E-state index contributed by atoms with van der Waals surface area (Å²) < 4.78 is 12.8. The van der Waals surface area contributed by atoms with Crippen molar-refractivity contribution in [3.63, 3.8) is 0 Å². The number of fused-ring (bicyclic) bond motifs is 1. The molecule has 1 fully saturated rings. The first-order chi connectivity index (χ1) is 22.5. The lowest BCUT2D eigenvalue weighted by Gasteiger charge is -2.36. The van der Waals surface area contributed by atoms with Crippen LogP contribution in [0.3, 0.4) is 0 Å². The van der Waals surface area contributed by atoms with E-state index in [1.165, 1.54) is 0 Å². The SMILES string of the molecule is C[C@H]1CCCCO[C@@H](CN(C)Cc2ccc(C(=O)O)cc2)[C@@H](C)CN([C@@H](C)CO)C(=O)c2cc(NC(=O)C3CCCCC3)ccc2O1. The van der Waals surface area contributed by atoms with Crippen LogP contribution in [0.5, 0.6) is 5.75 Å². The maximum Gasteiger partial charge on any atom is 0.335 e. The Morgan fingerprint density at radius 2 is 1.72 bits per heavy atom. The lowest BCUT2D eigenvalue weighted by Crippen LogP contribution is -2.47. The lowest BCUT2D eigenvalue weighted by atomic mass is 9.88. The van der Waals surface area contributed by atoms with Gasteiger partial charge < -0.3 is 29.9 Å². The Morgan fingerprint density at radius 3 is 2.40 bits per heavy atom. The number of hydrogen-bond acceptors (Lipinski definition) is 7. The highest BCUT2D eigenvalue weighted by molar-refractivity contribution is 6.00. The number of carboxylic acid groups (broad SMARTS) is 1. The quantitative estimate of drug-likeness (QED) is 0.309. The number of benzene rings is 2. The molecule has 4 rings (SSSR count). The van der Waals surface area contributed by atoms with E-state index in [4.69, 9.17) is 9.47 Å². The Morgan fingerprint density at radius 1 is 1.02 bits per heavy atom. The van der Waals surface area contributed by atoms with Crippen LogP contribution in [0.25, 0.3) is 0 Å². The number of ether oxygens (including phenoxy) is 2. The summed E-state index contributed by atoms with van der Waals surface area (Å²) in [5.41, 5.74) is 2.17. The summed E-state index contributed by atoms with van der Waals surface area (Å²) in [6.45, 7) is 7.82. The summed E-state index contributed by atoms with van der Waals surface area (Å²) in [6.07, 6.45) is 7.26. The van der Waals surface area contributed by atoms with Gasteiger partial charge in [-0.15, -0.1) is 0 Å². The Kier molecular flexibility index (Phi) is 13.6. The minimum atomic E-state index is -0.952. The number of carbonyl (C=O) groups excluding carboxylic acids is 2. The maximum absolute atomic E-state index is 14.4. The van der Waals surface area contributed by atoms with Crippen molar-refractivity contribution in [2.45, 2.75) is 96.9 Å². The number of carboxylic acids is 1. The topological polar surface area (TPSA) is 129 Å². The first-order valence-corrected chi connectivity index (χ1v) is 17.2. The molecule has 0 bridgehead atoms. The van der Waals surface area contributed by atoms with Crippen LogP contribution in [0.4, 0.5) is 5.69 Å². The fourth-order valence-electron chi connectivity index (χ4n) is 6.51. The van der Waals surface area contributed by atoms with E-state index >= 15 is 0 Å². The van der Waals surface area contributed by atoms with Gasteiger partial charge in [0.25, 0.3) is 5.91 Å². The van der Waals surface area contributed by atoms with Crippen LogP contribution in [0.15, 0.2) is 42.5 Å². The maximum atomic E-state index is 14.4. The molecule has 47 heavy (non-hydrogen) atoms. The smallest absolute Gasteiger partial charge is 0.335 e.